The zero-order chi connectivity index (χ0) is 15.0. The average Bonchev–Trinajstić information content (AvgIpc) is 2.50. The maximum Gasteiger partial charge on any atom is 0.00474 e. The highest BCUT2D eigenvalue weighted by molar-refractivity contribution is 5.36. The van der Waals surface area contributed by atoms with E-state index < -0.39 is 0 Å². The van der Waals surface area contributed by atoms with Gasteiger partial charge in [0.05, 0.1) is 0 Å². The Morgan fingerprint density at radius 2 is 1.65 bits per heavy atom. The molecule has 0 aliphatic rings. The number of nitrogens with two attached hydrogens (primary N) is 1. The van der Waals surface area contributed by atoms with Gasteiger partial charge >= 0.3 is 0 Å². The predicted molar refractivity (Wildman–Crippen MR) is 90.4 cm³/mol. The molecule has 0 aliphatic heterocycles. The average molecular weight is 275 g/mol. The molecular weight excluding hydrogens is 242 g/mol. The van der Waals surface area contributed by atoms with E-state index in [4.69, 9.17) is 5.73 Å². The minimum atomic E-state index is 0.143. The molecule has 1 unspecified atom stereocenters. The molecule has 1 rings (SSSR count). The normalized spacial score (nSPS) is 14.2. The monoisotopic (exact) mass is 275 g/mol. The molecule has 1 aromatic carbocycles. The first-order chi connectivity index (χ1) is 9.61. The second kappa shape index (κ2) is 8.46. The lowest BCUT2D eigenvalue weighted by Gasteiger charge is -2.30. The molecule has 0 spiro atoms. The Morgan fingerprint density at radius 1 is 0.950 bits per heavy atom. The predicted octanol–water partition coefficient (Wildman–Crippen LogP) is 5.00. The fourth-order valence-corrected chi connectivity index (χ4v) is 2.98. The van der Waals surface area contributed by atoms with E-state index in [0.717, 1.165) is 19.4 Å². The van der Waals surface area contributed by atoms with E-state index in [0.29, 0.717) is 0 Å². The minimum Gasteiger partial charge on any atom is -0.330 e. The summed E-state index contributed by atoms with van der Waals surface area (Å²) in [7, 11) is 0. The van der Waals surface area contributed by atoms with Crippen LogP contribution in [0.15, 0.2) is 18.2 Å². The van der Waals surface area contributed by atoms with Crippen LogP contribution in [0, 0.1) is 0 Å². The summed E-state index contributed by atoms with van der Waals surface area (Å²) in [6.07, 6.45) is 8.71. The third-order valence-electron chi connectivity index (χ3n) is 4.70. The molecule has 0 aliphatic carbocycles. The van der Waals surface area contributed by atoms with Crippen molar-refractivity contribution in [2.24, 2.45) is 5.73 Å². The molecule has 1 heteroatoms. The maximum absolute atomic E-state index is 6.12. The summed E-state index contributed by atoms with van der Waals surface area (Å²) in [6.45, 7) is 9.83. The van der Waals surface area contributed by atoms with Crippen molar-refractivity contribution in [1.82, 2.24) is 0 Å². The van der Waals surface area contributed by atoms with Crippen LogP contribution in [0.2, 0.25) is 0 Å². The molecule has 0 saturated carbocycles. The molecule has 0 saturated heterocycles. The molecule has 1 nitrogen and oxygen atoms in total. The molecule has 1 aromatic rings. The summed E-state index contributed by atoms with van der Waals surface area (Å²) in [4.78, 5) is 0. The van der Waals surface area contributed by atoms with Gasteiger partial charge in [0.25, 0.3) is 0 Å². The van der Waals surface area contributed by atoms with Gasteiger partial charge in [-0.3, -0.25) is 0 Å². The van der Waals surface area contributed by atoms with Crippen LogP contribution >= 0.6 is 0 Å². The summed E-state index contributed by atoms with van der Waals surface area (Å²) in [6, 6.07) is 7.03. The van der Waals surface area contributed by atoms with Crippen LogP contribution in [0.4, 0.5) is 0 Å². The Morgan fingerprint density at radius 3 is 2.20 bits per heavy atom. The lowest BCUT2D eigenvalue weighted by atomic mass is 9.77. The van der Waals surface area contributed by atoms with Crippen molar-refractivity contribution in [3.63, 3.8) is 0 Å². The van der Waals surface area contributed by atoms with Crippen LogP contribution in [0.25, 0.3) is 0 Å². The zero-order valence-electron chi connectivity index (χ0n) is 14.0. The Bertz CT molecular complexity index is 397. The fraction of sp³-hybridized carbons (Fsp3) is 0.684. The van der Waals surface area contributed by atoms with Crippen molar-refractivity contribution < 1.29 is 0 Å². The van der Waals surface area contributed by atoms with E-state index in [9.17, 15) is 0 Å². The molecular formula is C19H33N. The molecule has 114 valence electrons. The summed E-state index contributed by atoms with van der Waals surface area (Å²) < 4.78 is 0. The van der Waals surface area contributed by atoms with Crippen LogP contribution in [-0.4, -0.2) is 6.54 Å². The fourth-order valence-electron chi connectivity index (χ4n) is 2.98. The summed E-state index contributed by atoms with van der Waals surface area (Å²) >= 11 is 0. The van der Waals surface area contributed by atoms with Crippen molar-refractivity contribution in [2.75, 3.05) is 6.54 Å². The van der Waals surface area contributed by atoms with Gasteiger partial charge in [-0.05, 0) is 36.0 Å². The number of hydrogen-bond acceptors (Lipinski definition) is 1. The van der Waals surface area contributed by atoms with Gasteiger partial charge in [-0.25, -0.2) is 0 Å². The van der Waals surface area contributed by atoms with Crippen LogP contribution in [0.5, 0.6) is 0 Å². The third kappa shape index (κ3) is 4.34. The van der Waals surface area contributed by atoms with Gasteiger partial charge < -0.3 is 5.73 Å². The topological polar surface area (TPSA) is 26.0 Å². The lowest BCUT2D eigenvalue weighted by molar-refractivity contribution is 0.418. The van der Waals surface area contributed by atoms with E-state index in [1.54, 1.807) is 0 Å². The SMILES string of the molecule is CCCCCCC(C)(CN)c1ccc(CC)c(CC)c1. The third-order valence-corrected chi connectivity index (χ3v) is 4.70. The molecule has 20 heavy (non-hydrogen) atoms. The number of aryl methyl sites for hydroxylation is 2. The first-order valence-electron chi connectivity index (χ1n) is 8.43. The number of hydrogen-bond donors (Lipinski definition) is 1. The number of unbranched alkanes of at least 4 members (excludes halogenated alkanes) is 3. The van der Waals surface area contributed by atoms with Gasteiger partial charge in [0.15, 0.2) is 0 Å². The maximum atomic E-state index is 6.12. The summed E-state index contributed by atoms with van der Waals surface area (Å²) in [5.74, 6) is 0. The highest BCUT2D eigenvalue weighted by atomic mass is 14.6. The number of benzene rings is 1. The first-order valence-corrected chi connectivity index (χ1v) is 8.43. The van der Waals surface area contributed by atoms with Crippen LogP contribution in [0.3, 0.4) is 0 Å². The van der Waals surface area contributed by atoms with Crippen LogP contribution < -0.4 is 5.73 Å². The highest BCUT2D eigenvalue weighted by Gasteiger charge is 2.24. The van der Waals surface area contributed by atoms with Gasteiger partial charge in [-0.1, -0.05) is 71.6 Å². The molecule has 0 radical (unpaired) electrons. The molecule has 0 heterocycles. The Balaban J connectivity index is 2.87. The van der Waals surface area contributed by atoms with Crippen molar-refractivity contribution in [3.8, 4) is 0 Å². The molecule has 0 amide bonds. The smallest absolute Gasteiger partial charge is 0.00474 e. The van der Waals surface area contributed by atoms with E-state index >= 15 is 0 Å². The summed E-state index contributed by atoms with van der Waals surface area (Å²) in [5.41, 5.74) is 10.7. The quantitative estimate of drug-likeness (QED) is 0.631. The summed E-state index contributed by atoms with van der Waals surface area (Å²) in [5, 5.41) is 0. The highest BCUT2D eigenvalue weighted by Crippen LogP contribution is 2.30. The number of rotatable bonds is 9. The van der Waals surface area contributed by atoms with Gasteiger partial charge in [0.2, 0.25) is 0 Å². The van der Waals surface area contributed by atoms with Crippen molar-refractivity contribution in [2.45, 2.75) is 78.1 Å². The van der Waals surface area contributed by atoms with E-state index in [1.165, 1.54) is 48.8 Å². The van der Waals surface area contributed by atoms with Gasteiger partial charge in [-0.2, -0.15) is 0 Å². The standard InChI is InChI=1S/C19H33N/c1-5-8-9-10-13-19(4,15-20)18-12-11-16(6-2)17(7-3)14-18/h11-12,14H,5-10,13,15,20H2,1-4H3. The lowest BCUT2D eigenvalue weighted by Crippen LogP contribution is -2.32. The molecule has 0 fully saturated rings. The second-order valence-electron chi connectivity index (χ2n) is 6.27. The molecule has 0 bridgehead atoms. The van der Waals surface area contributed by atoms with E-state index in [-0.39, 0.29) is 5.41 Å². The minimum absolute atomic E-state index is 0.143. The van der Waals surface area contributed by atoms with Gasteiger partial charge in [0, 0.05) is 12.0 Å². The molecule has 1 atom stereocenters. The van der Waals surface area contributed by atoms with E-state index in [2.05, 4.69) is 45.9 Å². The van der Waals surface area contributed by atoms with Crippen molar-refractivity contribution >= 4 is 0 Å². The molecule has 2 N–H and O–H groups in total. The van der Waals surface area contributed by atoms with Crippen molar-refractivity contribution in [3.05, 3.63) is 34.9 Å². The van der Waals surface area contributed by atoms with Crippen molar-refractivity contribution in [1.29, 1.82) is 0 Å². The Labute approximate surface area is 126 Å². The molecule has 0 aromatic heterocycles. The van der Waals surface area contributed by atoms with Gasteiger partial charge in [-0.15, -0.1) is 0 Å². The first kappa shape index (κ1) is 17.2. The van der Waals surface area contributed by atoms with Crippen LogP contribution in [0.1, 0.15) is 76.5 Å². The largest absolute Gasteiger partial charge is 0.330 e. The second-order valence-corrected chi connectivity index (χ2v) is 6.27. The Hall–Kier alpha value is -0.820. The zero-order valence-corrected chi connectivity index (χ0v) is 14.0. The Kier molecular flexibility index (Phi) is 7.29. The van der Waals surface area contributed by atoms with Gasteiger partial charge in [0.1, 0.15) is 0 Å². The van der Waals surface area contributed by atoms with Crippen LogP contribution in [-0.2, 0) is 18.3 Å². The van der Waals surface area contributed by atoms with E-state index in [1.807, 2.05) is 0 Å².